The number of rotatable bonds is 4. The van der Waals surface area contributed by atoms with Gasteiger partial charge in [0.1, 0.15) is 6.29 Å². The third-order valence-corrected chi connectivity index (χ3v) is 2.95. The fraction of sp³-hybridized carbons (Fsp3) is 0.286. The molecule has 0 radical (unpaired) electrons. The molecule has 1 heterocycles. The van der Waals surface area contributed by atoms with Crippen LogP contribution in [-0.4, -0.2) is 15.4 Å². The summed E-state index contributed by atoms with van der Waals surface area (Å²) < 4.78 is 3.23. The van der Waals surface area contributed by atoms with E-state index in [9.17, 15) is 9.59 Å². The highest BCUT2D eigenvalue weighted by atomic mass is 16.1. The van der Waals surface area contributed by atoms with Crippen molar-refractivity contribution in [2.45, 2.75) is 19.8 Å². The lowest BCUT2D eigenvalue weighted by molar-refractivity contribution is -0.107. The molecule has 2 rings (SSSR count). The van der Waals surface area contributed by atoms with E-state index in [1.165, 1.54) is 0 Å². The van der Waals surface area contributed by atoms with Crippen LogP contribution in [0.25, 0.3) is 5.69 Å². The molecule has 94 valence electrons. The van der Waals surface area contributed by atoms with E-state index in [0.717, 1.165) is 23.2 Å². The number of aldehydes is 1. The summed E-state index contributed by atoms with van der Waals surface area (Å²) in [6.45, 7) is 1.90. The van der Waals surface area contributed by atoms with Crippen molar-refractivity contribution in [3.63, 3.8) is 0 Å². The average molecular weight is 244 g/mol. The molecule has 1 aromatic carbocycles. The molecule has 0 fully saturated rings. The molecule has 0 aliphatic carbocycles. The van der Waals surface area contributed by atoms with Gasteiger partial charge in [0.2, 0.25) is 0 Å². The van der Waals surface area contributed by atoms with E-state index >= 15 is 0 Å². The number of aromatic nitrogens is 2. The van der Waals surface area contributed by atoms with Gasteiger partial charge in [0.15, 0.2) is 0 Å². The Balaban J connectivity index is 2.44. The highest BCUT2D eigenvalue weighted by Gasteiger charge is 2.07. The zero-order chi connectivity index (χ0) is 13.1. The molecule has 0 amide bonds. The normalized spacial score (nSPS) is 10.6. The zero-order valence-corrected chi connectivity index (χ0v) is 10.6. The summed E-state index contributed by atoms with van der Waals surface area (Å²) in [5.41, 5.74) is 2.76. The summed E-state index contributed by atoms with van der Waals surface area (Å²) in [4.78, 5) is 22.4. The van der Waals surface area contributed by atoms with Crippen LogP contribution in [-0.2, 0) is 18.3 Å². The van der Waals surface area contributed by atoms with Crippen LogP contribution < -0.4 is 5.69 Å². The number of carbonyl (C=O) groups excluding carboxylic acids is 1. The maximum atomic E-state index is 12.0. The van der Waals surface area contributed by atoms with E-state index < -0.39 is 0 Å². The van der Waals surface area contributed by atoms with Crippen LogP contribution >= 0.6 is 0 Å². The van der Waals surface area contributed by atoms with Gasteiger partial charge in [-0.3, -0.25) is 4.57 Å². The minimum Gasteiger partial charge on any atom is -0.303 e. The fourth-order valence-electron chi connectivity index (χ4n) is 2.09. The summed E-state index contributed by atoms with van der Waals surface area (Å²) in [6.07, 6.45) is 3.93. The second-order valence-corrected chi connectivity index (χ2v) is 4.37. The van der Waals surface area contributed by atoms with E-state index in [0.29, 0.717) is 12.8 Å². The number of hydrogen-bond donors (Lipinski definition) is 0. The third kappa shape index (κ3) is 2.27. The Morgan fingerprint density at radius 3 is 2.72 bits per heavy atom. The molecule has 0 spiro atoms. The first-order valence-electron chi connectivity index (χ1n) is 5.91. The molecular formula is C14H16N2O2. The molecule has 0 unspecified atom stereocenters. The van der Waals surface area contributed by atoms with Gasteiger partial charge in [-0.2, -0.15) is 0 Å². The molecule has 4 nitrogen and oxygen atoms in total. The summed E-state index contributed by atoms with van der Waals surface area (Å²) in [7, 11) is 1.74. The molecule has 0 saturated heterocycles. The topological polar surface area (TPSA) is 44.0 Å². The number of nitrogens with zero attached hydrogens (tertiary/aromatic N) is 2. The van der Waals surface area contributed by atoms with Gasteiger partial charge < -0.3 is 9.36 Å². The molecule has 0 atom stereocenters. The summed E-state index contributed by atoms with van der Waals surface area (Å²) >= 11 is 0. The monoisotopic (exact) mass is 244 g/mol. The number of carbonyl (C=O) groups is 1. The lowest BCUT2D eigenvalue weighted by Crippen LogP contribution is -2.21. The Morgan fingerprint density at radius 2 is 2.11 bits per heavy atom. The quantitative estimate of drug-likeness (QED) is 0.767. The number of imidazole rings is 1. The highest BCUT2D eigenvalue weighted by Crippen LogP contribution is 2.12. The molecule has 0 bridgehead atoms. The van der Waals surface area contributed by atoms with E-state index in [-0.39, 0.29) is 5.69 Å². The van der Waals surface area contributed by atoms with Crippen molar-refractivity contribution >= 4 is 6.29 Å². The van der Waals surface area contributed by atoms with Gasteiger partial charge in [0, 0.05) is 25.4 Å². The molecule has 18 heavy (non-hydrogen) atoms. The van der Waals surface area contributed by atoms with Gasteiger partial charge in [0.05, 0.1) is 5.69 Å². The van der Waals surface area contributed by atoms with Gasteiger partial charge in [-0.1, -0.05) is 12.1 Å². The van der Waals surface area contributed by atoms with Crippen LogP contribution in [0, 0.1) is 6.92 Å². The molecule has 4 heteroatoms. The lowest BCUT2D eigenvalue weighted by atomic mass is 10.1. The minimum absolute atomic E-state index is 0.0555. The van der Waals surface area contributed by atoms with E-state index in [4.69, 9.17) is 0 Å². The van der Waals surface area contributed by atoms with E-state index in [1.54, 1.807) is 22.4 Å². The van der Waals surface area contributed by atoms with Crippen LogP contribution in [0.4, 0.5) is 0 Å². The van der Waals surface area contributed by atoms with E-state index in [2.05, 4.69) is 0 Å². The standard InChI is InChI=1S/C14H16N2O2/c1-11-10-15(2)14(18)16(11)13-7-3-5-12(9-13)6-4-8-17/h3,5,7-10H,4,6H2,1-2H3. The van der Waals surface area contributed by atoms with Crippen LogP contribution in [0.15, 0.2) is 35.3 Å². The lowest BCUT2D eigenvalue weighted by Gasteiger charge is -2.06. The van der Waals surface area contributed by atoms with E-state index in [1.807, 2.05) is 31.2 Å². The van der Waals surface area contributed by atoms with Crippen molar-refractivity contribution in [3.05, 3.63) is 52.2 Å². The smallest absolute Gasteiger partial charge is 0.303 e. The van der Waals surface area contributed by atoms with Crippen molar-refractivity contribution in [2.75, 3.05) is 0 Å². The number of benzene rings is 1. The first-order chi connectivity index (χ1) is 8.63. The Labute approximate surface area is 105 Å². The largest absolute Gasteiger partial charge is 0.332 e. The van der Waals surface area contributed by atoms with Crippen molar-refractivity contribution in [1.29, 1.82) is 0 Å². The predicted octanol–water partition coefficient (Wildman–Crippen LogP) is 1.62. The maximum Gasteiger partial charge on any atom is 0.332 e. The molecule has 1 aromatic heterocycles. The van der Waals surface area contributed by atoms with Crippen LogP contribution in [0.3, 0.4) is 0 Å². The van der Waals surface area contributed by atoms with Gasteiger partial charge in [0.25, 0.3) is 0 Å². The van der Waals surface area contributed by atoms with Gasteiger partial charge >= 0.3 is 5.69 Å². The molecular weight excluding hydrogens is 228 g/mol. The first kappa shape index (κ1) is 12.4. The van der Waals surface area contributed by atoms with Crippen LogP contribution in [0.5, 0.6) is 0 Å². The SMILES string of the molecule is Cc1cn(C)c(=O)n1-c1cccc(CCC=O)c1. The van der Waals surface area contributed by atoms with Gasteiger partial charge in [-0.05, 0) is 31.0 Å². The Kier molecular flexibility index (Phi) is 3.46. The minimum atomic E-state index is -0.0555. The third-order valence-electron chi connectivity index (χ3n) is 2.95. The summed E-state index contributed by atoms with van der Waals surface area (Å²) in [6, 6.07) is 7.74. The fourth-order valence-corrected chi connectivity index (χ4v) is 2.09. The molecule has 2 aromatic rings. The Bertz CT molecular complexity index is 623. The van der Waals surface area contributed by atoms with Crippen molar-refractivity contribution in [2.24, 2.45) is 7.05 Å². The molecule has 0 saturated carbocycles. The molecule has 0 N–H and O–H groups in total. The first-order valence-corrected chi connectivity index (χ1v) is 5.91. The predicted molar refractivity (Wildman–Crippen MR) is 70.1 cm³/mol. The maximum absolute atomic E-state index is 12.0. The van der Waals surface area contributed by atoms with Crippen LogP contribution in [0.2, 0.25) is 0 Å². The Morgan fingerprint density at radius 1 is 1.33 bits per heavy atom. The van der Waals surface area contributed by atoms with Crippen molar-refractivity contribution < 1.29 is 4.79 Å². The van der Waals surface area contributed by atoms with Crippen molar-refractivity contribution in [3.8, 4) is 5.69 Å². The molecule has 0 aliphatic heterocycles. The van der Waals surface area contributed by atoms with Gasteiger partial charge in [-0.25, -0.2) is 4.79 Å². The number of hydrogen-bond acceptors (Lipinski definition) is 2. The number of aryl methyl sites for hydroxylation is 3. The second kappa shape index (κ2) is 5.04. The van der Waals surface area contributed by atoms with Crippen LogP contribution in [0.1, 0.15) is 17.7 Å². The second-order valence-electron chi connectivity index (χ2n) is 4.37. The highest BCUT2D eigenvalue weighted by molar-refractivity contribution is 5.50. The zero-order valence-electron chi connectivity index (χ0n) is 10.6. The Hall–Kier alpha value is -2.10. The summed E-state index contributed by atoms with van der Waals surface area (Å²) in [5, 5.41) is 0. The van der Waals surface area contributed by atoms with Gasteiger partial charge in [-0.15, -0.1) is 0 Å². The molecule has 0 aliphatic rings. The van der Waals surface area contributed by atoms with Crippen molar-refractivity contribution in [1.82, 2.24) is 9.13 Å². The summed E-state index contributed by atoms with van der Waals surface area (Å²) in [5.74, 6) is 0. The average Bonchev–Trinajstić information content (AvgIpc) is 2.61.